The second-order valence-corrected chi connectivity index (χ2v) is 15.8. The molecule has 54 heavy (non-hydrogen) atoms. The van der Waals surface area contributed by atoms with Crippen LogP contribution in [0.2, 0.25) is 0 Å². The molecular formula is C41H44F2N6O5. The molecule has 0 saturated carbocycles. The van der Waals surface area contributed by atoms with Crippen molar-refractivity contribution in [2.24, 2.45) is 0 Å². The van der Waals surface area contributed by atoms with Gasteiger partial charge in [-0.1, -0.05) is 24.1 Å². The van der Waals surface area contributed by atoms with Gasteiger partial charge in [-0.05, 0) is 83.0 Å². The van der Waals surface area contributed by atoms with Crippen LogP contribution in [0, 0.1) is 24.0 Å². The van der Waals surface area contributed by atoms with Gasteiger partial charge < -0.3 is 23.8 Å². The quantitative estimate of drug-likeness (QED) is 0.108. The van der Waals surface area contributed by atoms with Gasteiger partial charge in [-0.3, -0.25) is 14.8 Å². The van der Waals surface area contributed by atoms with Crippen LogP contribution in [0.5, 0.6) is 11.8 Å². The number of hydrogen-bond donors (Lipinski definition) is 0. The van der Waals surface area contributed by atoms with Gasteiger partial charge in [0.1, 0.15) is 40.8 Å². The SMILES string of the molecule is C#Cc1c(F)ccc2cc(OCOC)cc(-c3ncc4c(N5CC6CCC(C5)N6C(=O)OC(C)(C)C)nc(OC[C@]56CCCN5CC(=C)C6)nc4c3F)c12. The minimum atomic E-state index is -0.747. The van der Waals surface area contributed by atoms with Gasteiger partial charge in [0.15, 0.2) is 12.6 Å². The summed E-state index contributed by atoms with van der Waals surface area (Å²) in [6, 6.07) is 5.89. The minimum absolute atomic E-state index is 0.00597. The molecule has 13 heteroatoms. The fourth-order valence-corrected chi connectivity index (χ4v) is 8.80. The molecule has 0 radical (unpaired) electrons. The molecule has 8 rings (SSSR count). The highest BCUT2D eigenvalue weighted by molar-refractivity contribution is 6.03. The fraction of sp³-hybridized carbons (Fsp3) is 0.463. The van der Waals surface area contributed by atoms with Gasteiger partial charge in [0.05, 0.1) is 28.6 Å². The summed E-state index contributed by atoms with van der Waals surface area (Å²) < 4.78 is 55.5. The molecule has 0 N–H and O–H groups in total. The number of carbonyl (C=O) groups excluding carboxylic acids is 1. The highest BCUT2D eigenvalue weighted by Gasteiger charge is 2.47. The number of carbonyl (C=O) groups is 1. The molecule has 4 fully saturated rings. The molecule has 1 amide bonds. The average Bonchev–Trinajstić information content (AvgIpc) is 3.75. The predicted molar refractivity (Wildman–Crippen MR) is 201 cm³/mol. The molecule has 2 aromatic carbocycles. The Balaban J connectivity index is 1.24. The molecule has 6 heterocycles. The Bertz CT molecular complexity index is 2200. The van der Waals surface area contributed by atoms with E-state index >= 15 is 8.78 Å². The molecule has 2 bridgehead atoms. The summed E-state index contributed by atoms with van der Waals surface area (Å²) >= 11 is 0. The lowest BCUT2D eigenvalue weighted by Gasteiger charge is -2.42. The summed E-state index contributed by atoms with van der Waals surface area (Å²) in [5.74, 6) is 1.90. The molecule has 4 aliphatic heterocycles. The third kappa shape index (κ3) is 6.35. The van der Waals surface area contributed by atoms with Gasteiger partial charge in [-0.2, -0.15) is 9.97 Å². The van der Waals surface area contributed by atoms with Crippen LogP contribution in [-0.4, -0.2) is 101 Å². The number of benzene rings is 2. The van der Waals surface area contributed by atoms with E-state index in [0.29, 0.717) is 47.4 Å². The third-order valence-corrected chi connectivity index (χ3v) is 11.0. The normalized spacial score (nSPS) is 22.6. The van der Waals surface area contributed by atoms with Crippen molar-refractivity contribution in [3.8, 4) is 35.4 Å². The second-order valence-electron chi connectivity index (χ2n) is 15.8. The number of ether oxygens (including phenoxy) is 4. The van der Waals surface area contributed by atoms with Crippen molar-refractivity contribution in [1.82, 2.24) is 24.8 Å². The molecule has 11 nitrogen and oxygen atoms in total. The number of methoxy groups -OCH3 is 1. The van der Waals surface area contributed by atoms with Crippen LogP contribution in [0.4, 0.5) is 19.4 Å². The third-order valence-electron chi connectivity index (χ3n) is 11.0. The van der Waals surface area contributed by atoms with Gasteiger partial charge in [0.25, 0.3) is 0 Å². The summed E-state index contributed by atoms with van der Waals surface area (Å²) in [6.07, 6.45) is 11.4. The van der Waals surface area contributed by atoms with Gasteiger partial charge >= 0.3 is 12.1 Å². The molecule has 4 aromatic rings. The Morgan fingerprint density at radius 1 is 1.13 bits per heavy atom. The molecule has 2 unspecified atom stereocenters. The van der Waals surface area contributed by atoms with Crippen molar-refractivity contribution in [3.05, 3.63) is 59.8 Å². The number of anilines is 1. The number of pyridine rings is 1. The average molecular weight is 739 g/mol. The first-order valence-electron chi connectivity index (χ1n) is 18.4. The van der Waals surface area contributed by atoms with Crippen LogP contribution >= 0.6 is 0 Å². The molecule has 0 aliphatic carbocycles. The van der Waals surface area contributed by atoms with E-state index in [1.807, 2.05) is 25.7 Å². The Morgan fingerprint density at radius 3 is 2.63 bits per heavy atom. The zero-order valence-electron chi connectivity index (χ0n) is 31.1. The first-order chi connectivity index (χ1) is 25.9. The van der Waals surface area contributed by atoms with E-state index in [0.717, 1.165) is 50.8 Å². The standard InChI is InChI=1S/C41H44F2N6O5/c1-7-29-32(42)12-9-25-15-28(53-23-51-6)16-30(33(25)29)35-34(43)36-31(18-44-35)37(46-38(45-36)52-22-41-13-8-14-48(41)19-24(2)17-41)47-20-26-10-11-27(21-47)49(26)39(50)54-40(3,4)5/h1,9,12,15-16,18,26-27H,2,8,10-11,13-14,17,19-23H2,3-6H3/t26?,27?,41-/m1/s1. The van der Waals surface area contributed by atoms with Gasteiger partial charge in [-0.25, -0.2) is 13.6 Å². The number of fused-ring (bicyclic) bond motifs is 5. The predicted octanol–water partition coefficient (Wildman–Crippen LogP) is 6.85. The van der Waals surface area contributed by atoms with E-state index in [1.54, 1.807) is 18.2 Å². The fourth-order valence-electron chi connectivity index (χ4n) is 8.80. The summed E-state index contributed by atoms with van der Waals surface area (Å²) in [4.78, 5) is 33.8. The second kappa shape index (κ2) is 13.7. The summed E-state index contributed by atoms with van der Waals surface area (Å²) in [7, 11) is 1.49. The number of nitrogens with zero attached hydrogens (tertiary/aromatic N) is 6. The molecule has 282 valence electrons. The van der Waals surface area contributed by atoms with Gasteiger partial charge in [0, 0.05) is 43.9 Å². The first-order valence-corrected chi connectivity index (χ1v) is 18.4. The topological polar surface area (TPSA) is 102 Å². The number of aromatic nitrogens is 3. The van der Waals surface area contributed by atoms with Crippen molar-refractivity contribution in [2.45, 2.75) is 76.1 Å². The number of hydrogen-bond acceptors (Lipinski definition) is 10. The monoisotopic (exact) mass is 738 g/mol. The molecule has 2 aromatic heterocycles. The number of amides is 1. The van der Waals surface area contributed by atoms with Crippen molar-refractivity contribution < 1.29 is 32.5 Å². The maximum Gasteiger partial charge on any atom is 0.410 e. The minimum Gasteiger partial charge on any atom is -0.468 e. The van der Waals surface area contributed by atoms with Gasteiger partial charge in [0.2, 0.25) is 0 Å². The van der Waals surface area contributed by atoms with Crippen molar-refractivity contribution in [2.75, 3.05) is 51.6 Å². The van der Waals surface area contributed by atoms with E-state index in [9.17, 15) is 4.79 Å². The number of piperazine rings is 1. The van der Waals surface area contributed by atoms with E-state index in [1.165, 1.54) is 19.4 Å². The lowest BCUT2D eigenvalue weighted by Crippen LogP contribution is -2.57. The van der Waals surface area contributed by atoms with E-state index in [-0.39, 0.29) is 58.9 Å². The molecule has 3 atom stereocenters. The van der Waals surface area contributed by atoms with Crippen LogP contribution < -0.4 is 14.4 Å². The highest BCUT2D eigenvalue weighted by Crippen LogP contribution is 2.43. The van der Waals surface area contributed by atoms with Crippen LogP contribution in [0.3, 0.4) is 0 Å². The van der Waals surface area contributed by atoms with Crippen LogP contribution in [0.25, 0.3) is 32.9 Å². The summed E-state index contributed by atoms with van der Waals surface area (Å²) in [6.45, 7) is 12.8. The summed E-state index contributed by atoms with van der Waals surface area (Å²) in [5, 5.41) is 1.23. The number of rotatable bonds is 8. The Labute approximate surface area is 313 Å². The van der Waals surface area contributed by atoms with Crippen LogP contribution in [0.1, 0.15) is 58.4 Å². The van der Waals surface area contributed by atoms with E-state index in [4.69, 9.17) is 35.3 Å². The maximum atomic E-state index is 17.3. The lowest BCUT2D eigenvalue weighted by molar-refractivity contribution is 0.0122. The summed E-state index contributed by atoms with van der Waals surface area (Å²) in [5.41, 5.74) is 0.437. The van der Waals surface area contributed by atoms with Crippen LogP contribution in [-0.2, 0) is 9.47 Å². The van der Waals surface area contributed by atoms with E-state index in [2.05, 4.69) is 27.3 Å². The molecular weight excluding hydrogens is 694 g/mol. The Hall–Kier alpha value is -5.06. The zero-order chi connectivity index (χ0) is 37.9. The van der Waals surface area contributed by atoms with Crippen molar-refractivity contribution in [1.29, 1.82) is 0 Å². The largest absolute Gasteiger partial charge is 0.468 e. The van der Waals surface area contributed by atoms with Crippen molar-refractivity contribution in [3.63, 3.8) is 0 Å². The number of halogens is 2. The zero-order valence-corrected chi connectivity index (χ0v) is 31.1. The van der Waals surface area contributed by atoms with Crippen molar-refractivity contribution >= 4 is 33.6 Å². The van der Waals surface area contributed by atoms with E-state index < -0.39 is 17.2 Å². The Morgan fingerprint density at radius 2 is 1.91 bits per heavy atom. The maximum absolute atomic E-state index is 17.3. The van der Waals surface area contributed by atoms with Gasteiger partial charge in [-0.15, -0.1) is 6.42 Å². The number of terminal acetylenes is 1. The smallest absolute Gasteiger partial charge is 0.410 e. The van der Waals surface area contributed by atoms with Crippen LogP contribution in [0.15, 0.2) is 42.6 Å². The molecule has 4 aliphatic rings. The molecule has 4 saturated heterocycles. The highest BCUT2D eigenvalue weighted by atomic mass is 19.1. The Kier molecular flexibility index (Phi) is 9.09. The lowest BCUT2D eigenvalue weighted by atomic mass is 9.94. The molecule has 0 spiro atoms. The first kappa shape index (κ1) is 35.9.